The summed E-state index contributed by atoms with van der Waals surface area (Å²) in [6.07, 6.45) is 2.17. The van der Waals surface area contributed by atoms with Gasteiger partial charge >= 0.3 is 0 Å². The van der Waals surface area contributed by atoms with Gasteiger partial charge in [0.1, 0.15) is 12.6 Å². The fourth-order valence-corrected chi connectivity index (χ4v) is 5.66. The van der Waals surface area contributed by atoms with Crippen molar-refractivity contribution in [1.82, 2.24) is 10.2 Å². The summed E-state index contributed by atoms with van der Waals surface area (Å²) in [6.45, 7) is 6.04. The van der Waals surface area contributed by atoms with E-state index in [1.165, 1.54) is 17.0 Å². The number of hydrogen-bond acceptors (Lipinski definition) is 4. The summed E-state index contributed by atoms with van der Waals surface area (Å²) in [4.78, 5) is 28.7. The average Bonchev–Trinajstić information content (AvgIpc) is 2.92. The molecule has 0 aliphatic heterocycles. The summed E-state index contributed by atoms with van der Waals surface area (Å²) in [5, 5.41) is 2.94. The molecule has 3 rings (SSSR count). The Morgan fingerprint density at radius 2 is 1.55 bits per heavy atom. The molecule has 202 valence electrons. The largest absolute Gasteiger partial charge is 0.354 e. The molecule has 38 heavy (non-hydrogen) atoms. The predicted molar refractivity (Wildman–Crippen MR) is 151 cm³/mol. The number of benzene rings is 3. The fourth-order valence-electron chi connectivity index (χ4n) is 4.24. The molecule has 3 aromatic rings. The number of carbonyl (C=O) groups excluding carboxylic acids is 2. The SMILES string of the molecule is CCCCNC(=O)[C@H](CC)N(Cc1ccccc1)C(=O)CN(c1cccc(C)c1)S(=O)(=O)c1ccccc1. The zero-order chi connectivity index (χ0) is 27.5. The molecule has 0 fully saturated rings. The van der Waals surface area contributed by atoms with Gasteiger partial charge in [-0.25, -0.2) is 8.42 Å². The van der Waals surface area contributed by atoms with E-state index in [-0.39, 0.29) is 17.3 Å². The van der Waals surface area contributed by atoms with Crippen LogP contribution in [0.1, 0.15) is 44.2 Å². The molecule has 0 aliphatic carbocycles. The summed E-state index contributed by atoms with van der Waals surface area (Å²) in [7, 11) is -4.06. The minimum Gasteiger partial charge on any atom is -0.354 e. The first-order valence-corrected chi connectivity index (χ1v) is 14.5. The summed E-state index contributed by atoms with van der Waals surface area (Å²) in [5.41, 5.74) is 2.11. The fraction of sp³-hybridized carbons (Fsp3) is 0.333. The van der Waals surface area contributed by atoms with Gasteiger partial charge in [0.15, 0.2) is 0 Å². The first-order chi connectivity index (χ1) is 18.3. The van der Waals surface area contributed by atoms with Gasteiger partial charge in [0.25, 0.3) is 10.0 Å². The highest BCUT2D eigenvalue weighted by Gasteiger charge is 2.33. The third-order valence-electron chi connectivity index (χ3n) is 6.31. The standard InChI is InChI=1S/C30H37N3O4S/c1-4-6-20-31-30(35)28(5-2)32(22-25-15-9-7-10-16-25)29(34)23-33(26-17-13-14-24(3)21-26)38(36,37)27-18-11-8-12-19-27/h7-19,21,28H,4-6,20,22-23H2,1-3H3,(H,31,35)/t28-/m0/s1. The minimum atomic E-state index is -4.06. The molecule has 2 amide bonds. The van der Waals surface area contributed by atoms with E-state index in [9.17, 15) is 18.0 Å². The van der Waals surface area contributed by atoms with E-state index in [4.69, 9.17) is 0 Å². The van der Waals surface area contributed by atoms with E-state index in [1.54, 1.807) is 36.4 Å². The molecule has 0 spiro atoms. The number of carbonyl (C=O) groups is 2. The first kappa shape index (κ1) is 28.9. The Bertz CT molecular complexity index is 1300. The van der Waals surface area contributed by atoms with E-state index in [0.717, 1.165) is 28.3 Å². The van der Waals surface area contributed by atoms with Crippen LogP contribution in [0, 0.1) is 6.92 Å². The van der Waals surface area contributed by atoms with Crippen LogP contribution in [0.2, 0.25) is 0 Å². The highest BCUT2D eigenvalue weighted by molar-refractivity contribution is 7.92. The normalized spacial score (nSPS) is 12.0. The van der Waals surface area contributed by atoms with Crippen molar-refractivity contribution in [3.63, 3.8) is 0 Å². The third kappa shape index (κ3) is 7.44. The molecule has 3 aromatic carbocycles. The van der Waals surface area contributed by atoms with Crippen molar-refractivity contribution in [2.45, 2.75) is 57.5 Å². The molecule has 1 N–H and O–H groups in total. The Labute approximate surface area is 226 Å². The topological polar surface area (TPSA) is 86.8 Å². The second-order valence-electron chi connectivity index (χ2n) is 9.24. The van der Waals surface area contributed by atoms with E-state index in [2.05, 4.69) is 5.32 Å². The molecular formula is C30H37N3O4S. The maximum Gasteiger partial charge on any atom is 0.264 e. The molecule has 0 radical (unpaired) electrons. The molecule has 0 aliphatic rings. The second-order valence-corrected chi connectivity index (χ2v) is 11.1. The van der Waals surface area contributed by atoms with E-state index in [1.807, 2.05) is 57.2 Å². The molecule has 0 bridgehead atoms. The maximum atomic E-state index is 14.0. The quantitative estimate of drug-likeness (QED) is 0.315. The maximum absolute atomic E-state index is 14.0. The number of nitrogens with one attached hydrogen (secondary N) is 1. The molecule has 1 atom stereocenters. The smallest absolute Gasteiger partial charge is 0.264 e. The zero-order valence-electron chi connectivity index (χ0n) is 22.3. The molecule has 0 unspecified atom stereocenters. The number of nitrogens with zero attached hydrogens (tertiary/aromatic N) is 2. The highest BCUT2D eigenvalue weighted by Crippen LogP contribution is 2.25. The van der Waals surface area contributed by atoms with Crippen molar-refractivity contribution in [3.05, 3.63) is 96.1 Å². The second kappa shape index (κ2) is 13.8. The Balaban J connectivity index is 2.01. The van der Waals surface area contributed by atoms with Gasteiger partial charge in [-0.1, -0.05) is 80.9 Å². The van der Waals surface area contributed by atoms with Crippen LogP contribution in [-0.4, -0.2) is 44.3 Å². The van der Waals surface area contributed by atoms with Gasteiger partial charge in [0, 0.05) is 13.1 Å². The van der Waals surface area contributed by atoms with Crippen LogP contribution in [0.3, 0.4) is 0 Å². The van der Waals surface area contributed by atoms with Crippen LogP contribution >= 0.6 is 0 Å². The van der Waals surface area contributed by atoms with Gasteiger partial charge < -0.3 is 10.2 Å². The van der Waals surface area contributed by atoms with Crippen LogP contribution in [0.25, 0.3) is 0 Å². The van der Waals surface area contributed by atoms with Gasteiger partial charge in [-0.3, -0.25) is 13.9 Å². The van der Waals surface area contributed by atoms with E-state index < -0.39 is 28.5 Å². The Morgan fingerprint density at radius 3 is 2.16 bits per heavy atom. The van der Waals surface area contributed by atoms with Gasteiger partial charge in [-0.05, 0) is 55.2 Å². The zero-order valence-corrected chi connectivity index (χ0v) is 23.2. The summed E-state index contributed by atoms with van der Waals surface area (Å²) in [6, 6.07) is 23.8. The molecular weight excluding hydrogens is 498 g/mol. The van der Waals surface area contributed by atoms with Gasteiger partial charge in [-0.2, -0.15) is 0 Å². The summed E-state index contributed by atoms with van der Waals surface area (Å²) < 4.78 is 28.7. The first-order valence-electron chi connectivity index (χ1n) is 13.0. The lowest BCUT2D eigenvalue weighted by Crippen LogP contribution is -2.52. The van der Waals surface area contributed by atoms with Crippen molar-refractivity contribution >= 4 is 27.5 Å². The molecule has 0 aromatic heterocycles. The van der Waals surface area contributed by atoms with Crippen molar-refractivity contribution in [1.29, 1.82) is 0 Å². The number of rotatable bonds is 13. The van der Waals surface area contributed by atoms with Crippen LogP contribution in [0.15, 0.2) is 89.8 Å². The number of hydrogen-bond donors (Lipinski definition) is 1. The van der Waals surface area contributed by atoms with Crippen molar-refractivity contribution in [2.75, 3.05) is 17.4 Å². The number of aryl methyl sites for hydroxylation is 1. The Hall–Kier alpha value is -3.65. The third-order valence-corrected chi connectivity index (χ3v) is 8.10. The lowest BCUT2D eigenvalue weighted by molar-refractivity contribution is -0.140. The molecule has 0 saturated heterocycles. The number of unbranched alkanes of at least 4 members (excludes halogenated alkanes) is 1. The monoisotopic (exact) mass is 535 g/mol. The molecule has 7 nitrogen and oxygen atoms in total. The average molecular weight is 536 g/mol. The van der Waals surface area contributed by atoms with Crippen LogP contribution in [0.5, 0.6) is 0 Å². The lowest BCUT2D eigenvalue weighted by atomic mass is 10.1. The number of amides is 2. The molecule has 0 heterocycles. The highest BCUT2D eigenvalue weighted by atomic mass is 32.2. The lowest BCUT2D eigenvalue weighted by Gasteiger charge is -2.33. The van der Waals surface area contributed by atoms with Crippen molar-refractivity contribution < 1.29 is 18.0 Å². The van der Waals surface area contributed by atoms with E-state index in [0.29, 0.717) is 18.7 Å². The molecule has 0 saturated carbocycles. The number of anilines is 1. The van der Waals surface area contributed by atoms with Crippen LogP contribution in [-0.2, 0) is 26.2 Å². The minimum absolute atomic E-state index is 0.0910. The van der Waals surface area contributed by atoms with Gasteiger partial charge in [0.2, 0.25) is 11.8 Å². The Kier molecular flexibility index (Phi) is 10.5. The van der Waals surface area contributed by atoms with Crippen LogP contribution in [0.4, 0.5) is 5.69 Å². The summed E-state index contributed by atoms with van der Waals surface area (Å²) >= 11 is 0. The van der Waals surface area contributed by atoms with E-state index >= 15 is 0 Å². The van der Waals surface area contributed by atoms with Crippen LogP contribution < -0.4 is 9.62 Å². The molecule has 8 heteroatoms. The predicted octanol–water partition coefficient (Wildman–Crippen LogP) is 4.91. The number of sulfonamides is 1. The Morgan fingerprint density at radius 1 is 0.895 bits per heavy atom. The van der Waals surface area contributed by atoms with Crippen molar-refractivity contribution in [2.24, 2.45) is 0 Å². The van der Waals surface area contributed by atoms with Gasteiger partial charge in [0.05, 0.1) is 10.6 Å². The van der Waals surface area contributed by atoms with Gasteiger partial charge in [-0.15, -0.1) is 0 Å². The van der Waals surface area contributed by atoms with Crippen molar-refractivity contribution in [3.8, 4) is 0 Å². The summed E-state index contributed by atoms with van der Waals surface area (Å²) in [5.74, 6) is -0.689.